The summed E-state index contributed by atoms with van der Waals surface area (Å²) in [4.78, 5) is 38.4. The van der Waals surface area contributed by atoms with Gasteiger partial charge < -0.3 is 19.7 Å². The smallest absolute Gasteiger partial charge is 0.446 e. The SMILES string of the molecule is O=C(NCCS(=O)(=O)O)c1cc(OS(=O)(=O)O)c2c(c1)C(=O)c1cc(O)c(Br)c(O)c1C2=O. The number of amides is 1. The number of carbonyl (C=O) groups is 3. The van der Waals surface area contributed by atoms with Crippen LogP contribution in [-0.2, 0) is 20.5 Å². The average molecular weight is 566 g/mol. The summed E-state index contributed by atoms with van der Waals surface area (Å²) in [6.07, 6.45) is 0. The number of nitrogens with one attached hydrogen (secondary N) is 1. The Morgan fingerprint density at radius 2 is 1.58 bits per heavy atom. The van der Waals surface area contributed by atoms with Gasteiger partial charge in [-0.3, -0.25) is 23.5 Å². The normalized spacial score (nSPS) is 13.3. The van der Waals surface area contributed by atoms with Crippen molar-refractivity contribution in [3.8, 4) is 17.2 Å². The third-order valence-electron chi connectivity index (χ3n) is 4.37. The van der Waals surface area contributed by atoms with Crippen LogP contribution in [-0.4, -0.2) is 65.9 Å². The molecule has 2 aromatic rings. The van der Waals surface area contributed by atoms with E-state index in [4.69, 9.17) is 9.11 Å². The number of hydrogen-bond donors (Lipinski definition) is 5. The molecule has 13 nitrogen and oxygen atoms in total. The first-order valence-corrected chi connectivity index (χ1v) is 12.3. The fraction of sp³-hybridized carbons (Fsp3) is 0.118. The summed E-state index contributed by atoms with van der Waals surface area (Å²) in [5.74, 6) is -6.36. The number of halogens is 1. The van der Waals surface area contributed by atoms with Gasteiger partial charge in [0.1, 0.15) is 16.0 Å². The Morgan fingerprint density at radius 3 is 2.15 bits per heavy atom. The van der Waals surface area contributed by atoms with Crippen molar-refractivity contribution in [2.24, 2.45) is 0 Å². The molecule has 176 valence electrons. The lowest BCUT2D eigenvalue weighted by Crippen LogP contribution is -2.30. The Bertz CT molecular complexity index is 1450. The molecule has 0 heterocycles. The van der Waals surface area contributed by atoms with Crippen LogP contribution >= 0.6 is 15.9 Å². The second-order valence-electron chi connectivity index (χ2n) is 6.59. The molecule has 0 radical (unpaired) electrons. The molecule has 0 spiro atoms. The molecule has 0 unspecified atom stereocenters. The monoisotopic (exact) mass is 565 g/mol. The molecule has 0 aromatic heterocycles. The van der Waals surface area contributed by atoms with Crippen LogP contribution in [0.3, 0.4) is 0 Å². The number of hydrogen-bond acceptors (Lipinski definition) is 10. The Labute approximate surface area is 193 Å². The highest BCUT2D eigenvalue weighted by atomic mass is 79.9. The second kappa shape index (κ2) is 8.38. The molecule has 2 aromatic carbocycles. The fourth-order valence-corrected chi connectivity index (χ4v) is 4.08. The topological polar surface area (TPSA) is 222 Å². The summed E-state index contributed by atoms with van der Waals surface area (Å²) in [6, 6.07) is 2.43. The molecular formula is C17H12BrNO12S2. The zero-order valence-corrected chi connectivity index (χ0v) is 19.1. The highest BCUT2D eigenvalue weighted by Gasteiger charge is 2.38. The van der Waals surface area contributed by atoms with E-state index in [2.05, 4.69) is 25.4 Å². The van der Waals surface area contributed by atoms with Crippen molar-refractivity contribution in [3.05, 3.63) is 50.5 Å². The number of rotatable bonds is 6. The van der Waals surface area contributed by atoms with E-state index in [1.807, 2.05) is 0 Å². The van der Waals surface area contributed by atoms with Gasteiger partial charge >= 0.3 is 10.4 Å². The van der Waals surface area contributed by atoms with Gasteiger partial charge in [-0.2, -0.15) is 16.8 Å². The molecule has 1 aliphatic rings. The van der Waals surface area contributed by atoms with Crippen molar-refractivity contribution >= 4 is 53.9 Å². The van der Waals surface area contributed by atoms with Crippen LogP contribution in [0.15, 0.2) is 22.7 Å². The van der Waals surface area contributed by atoms with Crippen molar-refractivity contribution in [1.29, 1.82) is 0 Å². The van der Waals surface area contributed by atoms with Gasteiger partial charge in [-0.25, -0.2) is 0 Å². The molecule has 1 aliphatic carbocycles. The van der Waals surface area contributed by atoms with Crippen molar-refractivity contribution in [1.82, 2.24) is 5.32 Å². The summed E-state index contributed by atoms with van der Waals surface area (Å²) >= 11 is 2.84. The van der Waals surface area contributed by atoms with E-state index in [0.717, 1.165) is 12.1 Å². The minimum atomic E-state index is -5.25. The quantitative estimate of drug-likeness (QED) is 0.257. The minimum Gasteiger partial charge on any atom is -0.507 e. The van der Waals surface area contributed by atoms with E-state index in [-0.39, 0.29) is 4.47 Å². The Kier molecular flexibility index (Phi) is 6.24. The van der Waals surface area contributed by atoms with Crippen LogP contribution in [0.5, 0.6) is 17.2 Å². The highest BCUT2D eigenvalue weighted by molar-refractivity contribution is 9.10. The molecule has 0 bridgehead atoms. The van der Waals surface area contributed by atoms with Crippen LogP contribution in [0, 0.1) is 0 Å². The lowest BCUT2D eigenvalue weighted by molar-refractivity contribution is 0.0951. The number of benzene rings is 2. The third kappa shape index (κ3) is 4.98. The predicted octanol–water partition coefficient (Wildman–Crippen LogP) is 0.435. The first-order valence-electron chi connectivity index (χ1n) is 8.53. The molecule has 0 saturated carbocycles. The summed E-state index contributed by atoms with van der Waals surface area (Å²) in [7, 11) is -9.66. The Hall–Kier alpha value is -3.05. The molecule has 0 fully saturated rings. The van der Waals surface area contributed by atoms with E-state index >= 15 is 0 Å². The second-order valence-corrected chi connectivity index (χ2v) is 9.98. The summed E-state index contributed by atoms with van der Waals surface area (Å²) in [6.45, 7) is -0.561. The van der Waals surface area contributed by atoms with Crippen LogP contribution in [0.25, 0.3) is 0 Å². The molecular weight excluding hydrogens is 554 g/mol. The van der Waals surface area contributed by atoms with Crippen LogP contribution in [0.1, 0.15) is 42.2 Å². The summed E-state index contributed by atoms with van der Waals surface area (Å²) in [5.41, 5.74) is -2.80. The Morgan fingerprint density at radius 1 is 0.970 bits per heavy atom. The van der Waals surface area contributed by atoms with Crippen LogP contribution in [0.4, 0.5) is 0 Å². The maximum absolute atomic E-state index is 13.0. The van der Waals surface area contributed by atoms with Crippen molar-refractivity contribution in [3.63, 3.8) is 0 Å². The zero-order valence-electron chi connectivity index (χ0n) is 15.9. The van der Waals surface area contributed by atoms with Gasteiger partial charge in [-0.05, 0) is 34.1 Å². The van der Waals surface area contributed by atoms with Gasteiger partial charge in [0.15, 0.2) is 11.5 Å². The first-order chi connectivity index (χ1) is 15.1. The first kappa shape index (κ1) is 24.6. The predicted molar refractivity (Wildman–Crippen MR) is 112 cm³/mol. The molecule has 0 saturated heterocycles. The molecule has 0 atom stereocenters. The molecule has 0 aliphatic heterocycles. The number of carbonyl (C=O) groups excluding carboxylic acids is 3. The maximum atomic E-state index is 13.0. The Balaban J connectivity index is 2.18. The summed E-state index contributed by atoms with van der Waals surface area (Å²) in [5, 5.41) is 22.2. The van der Waals surface area contributed by atoms with Crippen molar-refractivity contribution in [2.45, 2.75) is 0 Å². The standard InChI is InChI=1S/C17H12BrNO12S2/c18-13-9(20)5-8-12(16(13)23)15(22)11-7(14(8)21)3-6(4-10(11)31-33(28,29)30)17(24)19-1-2-32(25,26)27/h3-5,20,23H,1-2H2,(H,19,24)(H,25,26,27)(H,28,29,30). The highest BCUT2D eigenvalue weighted by Crippen LogP contribution is 2.44. The minimum absolute atomic E-state index is 0.321. The maximum Gasteiger partial charge on any atom is 0.446 e. The van der Waals surface area contributed by atoms with Gasteiger partial charge in [0, 0.05) is 23.2 Å². The van der Waals surface area contributed by atoms with E-state index < -0.39 is 95.4 Å². The van der Waals surface area contributed by atoms with Gasteiger partial charge in [0.05, 0.1) is 16.9 Å². The zero-order chi connectivity index (χ0) is 24.9. The average Bonchev–Trinajstić information content (AvgIpc) is 2.67. The van der Waals surface area contributed by atoms with Crippen LogP contribution < -0.4 is 9.50 Å². The third-order valence-corrected chi connectivity index (χ3v) is 6.26. The molecule has 3 rings (SSSR count). The lowest BCUT2D eigenvalue weighted by atomic mass is 9.82. The van der Waals surface area contributed by atoms with E-state index in [0.29, 0.717) is 6.07 Å². The van der Waals surface area contributed by atoms with Crippen LogP contribution in [0.2, 0.25) is 0 Å². The van der Waals surface area contributed by atoms with Gasteiger partial charge in [-0.15, -0.1) is 0 Å². The van der Waals surface area contributed by atoms with Gasteiger partial charge in [0.25, 0.3) is 16.0 Å². The number of aromatic hydroxyl groups is 2. The molecule has 1 amide bonds. The number of fused-ring (bicyclic) bond motifs is 2. The number of phenolic OH excluding ortho intramolecular Hbond substituents is 2. The lowest BCUT2D eigenvalue weighted by Gasteiger charge is -2.22. The summed E-state index contributed by atoms with van der Waals surface area (Å²) < 4.78 is 66.1. The molecule has 33 heavy (non-hydrogen) atoms. The number of ketones is 2. The number of phenols is 2. The van der Waals surface area contributed by atoms with Gasteiger partial charge in [0.2, 0.25) is 5.78 Å². The van der Waals surface area contributed by atoms with E-state index in [1.54, 1.807) is 0 Å². The van der Waals surface area contributed by atoms with Gasteiger partial charge in [-0.1, -0.05) is 0 Å². The van der Waals surface area contributed by atoms with Crippen molar-refractivity contribution in [2.75, 3.05) is 12.3 Å². The van der Waals surface area contributed by atoms with Crippen molar-refractivity contribution < 1.29 is 54.7 Å². The molecule has 16 heteroatoms. The fourth-order valence-electron chi connectivity index (χ4n) is 3.04. The van der Waals surface area contributed by atoms with E-state index in [1.165, 1.54) is 0 Å². The van der Waals surface area contributed by atoms with E-state index in [9.17, 15) is 41.4 Å². The molecule has 5 N–H and O–H groups in total. The largest absolute Gasteiger partial charge is 0.507 e.